The van der Waals surface area contributed by atoms with Crippen LogP contribution in [0.15, 0.2) is 60.7 Å². The molecule has 1 aliphatic rings. The lowest BCUT2D eigenvalue weighted by molar-refractivity contribution is -0.122. The normalized spacial score (nSPS) is 15.7. The summed E-state index contributed by atoms with van der Waals surface area (Å²) < 4.78 is 5.32. The number of nitrogens with one attached hydrogen (secondary N) is 1. The third-order valence-electron chi connectivity index (χ3n) is 4.61. The largest absolute Gasteiger partial charge is 0.381 e. The van der Waals surface area contributed by atoms with Crippen LogP contribution < -0.4 is 10.2 Å². The quantitative estimate of drug-likeness (QED) is 0.871. The van der Waals surface area contributed by atoms with Crippen molar-refractivity contribution >= 4 is 11.6 Å². The fourth-order valence-corrected chi connectivity index (χ4v) is 3.15. The molecule has 1 fully saturated rings. The summed E-state index contributed by atoms with van der Waals surface area (Å²) >= 11 is 0. The predicted molar refractivity (Wildman–Crippen MR) is 100 cm³/mol. The minimum atomic E-state index is -0.815. The van der Waals surface area contributed by atoms with E-state index in [0.29, 0.717) is 32.6 Å². The highest BCUT2D eigenvalue weighted by Gasteiger charge is 2.34. The molecule has 134 valence electrons. The Morgan fingerprint density at radius 2 is 1.69 bits per heavy atom. The van der Waals surface area contributed by atoms with Gasteiger partial charge >= 0.3 is 0 Å². The molecule has 0 bridgehead atoms. The van der Waals surface area contributed by atoms with Crippen LogP contribution in [-0.4, -0.2) is 31.2 Å². The average Bonchev–Trinajstić information content (AvgIpc) is 2.69. The summed E-state index contributed by atoms with van der Waals surface area (Å²) in [5.74, 6) is -0.145. The Hall–Kier alpha value is -2.84. The van der Waals surface area contributed by atoms with Crippen molar-refractivity contribution in [3.8, 4) is 6.07 Å². The Balaban J connectivity index is 1.73. The maximum Gasteiger partial charge on any atom is 0.240 e. The van der Waals surface area contributed by atoms with Crippen LogP contribution in [0.5, 0.6) is 0 Å². The van der Waals surface area contributed by atoms with E-state index in [0.717, 1.165) is 11.3 Å². The van der Waals surface area contributed by atoms with E-state index in [1.165, 1.54) is 0 Å². The van der Waals surface area contributed by atoms with Gasteiger partial charge in [0.05, 0.1) is 12.6 Å². The molecule has 0 radical (unpaired) electrons. The third kappa shape index (κ3) is 4.62. The molecule has 3 rings (SSSR count). The molecule has 0 spiro atoms. The molecule has 1 heterocycles. The van der Waals surface area contributed by atoms with E-state index in [-0.39, 0.29) is 12.5 Å². The van der Waals surface area contributed by atoms with Crippen molar-refractivity contribution in [2.45, 2.75) is 24.9 Å². The van der Waals surface area contributed by atoms with E-state index in [2.05, 4.69) is 11.4 Å². The number of benzene rings is 2. The van der Waals surface area contributed by atoms with Gasteiger partial charge in [0, 0.05) is 38.3 Å². The molecule has 5 heteroatoms. The molecular formula is C21H23N3O2. The van der Waals surface area contributed by atoms with Crippen LogP contribution in [0.3, 0.4) is 0 Å². The SMILES string of the molecule is N#CC1(NC(=O)CN(Cc2ccccc2)c2ccccc2)CCOCC1. The zero-order valence-electron chi connectivity index (χ0n) is 14.7. The minimum absolute atomic E-state index is 0.145. The molecule has 1 saturated heterocycles. The van der Waals surface area contributed by atoms with Crippen LogP contribution in [0.25, 0.3) is 0 Å². The van der Waals surface area contributed by atoms with Crippen molar-refractivity contribution < 1.29 is 9.53 Å². The fraction of sp³-hybridized carbons (Fsp3) is 0.333. The molecule has 0 aliphatic carbocycles. The van der Waals surface area contributed by atoms with Crippen LogP contribution >= 0.6 is 0 Å². The molecule has 0 unspecified atom stereocenters. The molecular weight excluding hydrogens is 326 g/mol. The number of ether oxygens (including phenoxy) is 1. The van der Waals surface area contributed by atoms with Crippen molar-refractivity contribution in [2.24, 2.45) is 0 Å². The standard InChI is InChI=1S/C21H23N3O2/c22-17-21(11-13-26-14-12-21)23-20(25)16-24(19-9-5-2-6-10-19)15-18-7-3-1-4-8-18/h1-10H,11-16H2,(H,23,25). The van der Waals surface area contributed by atoms with Gasteiger partial charge in [-0.15, -0.1) is 0 Å². The van der Waals surface area contributed by atoms with Crippen molar-refractivity contribution in [1.82, 2.24) is 5.32 Å². The smallest absolute Gasteiger partial charge is 0.240 e. The summed E-state index contributed by atoms with van der Waals surface area (Å²) in [6, 6.07) is 22.2. The Morgan fingerprint density at radius 3 is 2.31 bits per heavy atom. The zero-order chi connectivity index (χ0) is 18.2. The lowest BCUT2D eigenvalue weighted by Gasteiger charge is -2.33. The van der Waals surface area contributed by atoms with Crippen molar-refractivity contribution in [2.75, 3.05) is 24.7 Å². The summed E-state index contributed by atoms with van der Waals surface area (Å²) in [5, 5.41) is 12.5. The van der Waals surface area contributed by atoms with Crippen LogP contribution in [0, 0.1) is 11.3 Å². The van der Waals surface area contributed by atoms with Crippen molar-refractivity contribution in [1.29, 1.82) is 5.26 Å². The van der Waals surface area contributed by atoms with E-state index in [1.807, 2.05) is 65.6 Å². The van der Waals surface area contributed by atoms with Gasteiger partial charge in [-0.25, -0.2) is 0 Å². The second-order valence-corrected chi connectivity index (χ2v) is 6.53. The lowest BCUT2D eigenvalue weighted by Crippen LogP contribution is -2.53. The van der Waals surface area contributed by atoms with Gasteiger partial charge in [0.15, 0.2) is 0 Å². The number of hydrogen-bond acceptors (Lipinski definition) is 4. The van der Waals surface area contributed by atoms with Crippen LogP contribution in [0.2, 0.25) is 0 Å². The Kier molecular flexibility index (Phi) is 5.88. The maximum atomic E-state index is 12.7. The van der Waals surface area contributed by atoms with Gasteiger partial charge in [-0.2, -0.15) is 5.26 Å². The van der Waals surface area contributed by atoms with Gasteiger partial charge in [0.2, 0.25) is 5.91 Å². The molecule has 5 nitrogen and oxygen atoms in total. The predicted octanol–water partition coefficient (Wildman–Crippen LogP) is 2.88. The molecule has 26 heavy (non-hydrogen) atoms. The first-order valence-corrected chi connectivity index (χ1v) is 8.85. The number of rotatable bonds is 6. The molecule has 0 aromatic heterocycles. The first kappa shape index (κ1) is 18.0. The number of para-hydroxylation sites is 1. The highest BCUT2D eigenvalue weighted by atomic mass is 16.5. The van der Waals surface area contributed by atoms with Gasteiger partial charge in [-0.3, -0.25) is 4.79 Å². The molecule has 2 aromatic rings. The Labute approximate surface area is 154 Å². The number of nitrogens with zero attached hydrogens (tertiary/aromatic N) is 2. The molecule has 1 amide bonds. The molecule has 0 atom stereocenters. The first-order valence-electron chi connectivity index (χ1n) is 8.85. The van der Waals surface area contributed by atoms with Crippen LogP contribution in [0.1, 0.15) is 18.4 Å². The van der Waals surface area contributed by atoms with Gasteiger partial charge in [-0.05, 0) is 17.7 Å². The summed E-state index contributed by atoms with van der Waals surface area (Å²) in [5.41, 5.74) is 1.29. The van der Waals surface area contributed by atoms with E-state index in [4.69, 9.17) is 4.74 Å². The second kappa shape index (κ2) is 8.50. The van der Waals surface area contributed by atoms with Gasteiger partial charge in [-0.1, -0.05) is 48.5 Å². The van der Waals surface area contributed by atoms with Gasteiger partial charge < -0.3 is 15.0 Å². The van der Waals surface area contributed by atoms with Gasteiger partial charge in [0.25, 0.3) is 0 Å². The number of anilines is 1. The topological polar surface area (TPSA) is 65.4 Å². The number of hydrogen-bond donors (Lipinski definition) is 1. The monoisotopic (exact) mass is 349 g/mol. The summed E-state index contributed by atoms with van der Waals surface area (Å²) in [6.45, 7) is 1.82. The van der Waals surface area contributed by atoms with Crippen molar-refractivity contribution in [3.05, 3.63) is 66.2 Å². The molecule has 0 saturated carbocycles. The molecule has 1 aliphatic heterocycles. The number of carbonyl (C=O) groups excluding carboxylic acids is 1. The zero-order valence-corrected chi connectivity index (χ0v) is 14.7. The molecule has 1 N–H and O–H groups in total. The van der Waals surface area contributed by atoms with E-state index >= 15 is 0 Å². The average molecular weight is 349 g/mol. The Bertz CT molecular complexity index is 750. The van der Waals surface area contributed by atoms with E-state index < -0.39 is 5.54 Å². The van der Waals surface area contributed by atoms with Crippen LogP contribution in [-0.2, 0) is 16.1 Å². The summed E-state index contributed by atoms with van der Waals surface area (Å²) in [4.78, 5) is 14.7. The van der Waals surface area contributed by atoms with Gasteiger partial charge in [0.1, 0.15) is 5.54 Å². The molecule has 2 aromatic carbocycles. The number of carbonyl (C=O) groups is 1. The third-order valence-corrected chi connectivity index (χ3v) is 4.61. The van der Waals surface area contributed by atoms with E-state index in [9.17, 15) is 10.1 Å². The van der Waals surface area contributed by atoms with Crippen LogP contribution in [0.4, 0.5) is 5.69 Å². The number of nitriles is 1. The maximum absolute atomic E-state index is 12.7. The summed E-state index contributed by atoms with van der Waals surface area (Å²) in [7, 11) is 0. The first-order chi connectivity index (χ1) is 12.7. The summed E-state index contributed by atoms with van der Waals surface area (Å²) in [6.07, 6.45) is 1.05. The van der Waals surface area contributed by atoms with E-state index in [1.54, 1.807) is 0 Å². The highest BCUT2D eigenvalue weighted by Crippen LogP contribution is 2.21. The fourth-order valence-electron chi connectivity index (χ4n) is 3.15. The lowest BCUT2D eigenvalue weighted by atomic mass is 9.92. The van der Waals surface area contributed by atoms with Crippen molar-refractivity contribution in [3.63, 3.8) is 0 Å². The number of amides is 1. The second-order valence-electron chi connectivity index (χ2n) is 6.53. The minimum Gasteiger partial charge on any atom is -0.381 e. The highest BCUT2D eigenvalue weighted by molar-refractivity contribution is 5.82. The Morgan fingerprint density at radius 1 is 1.08 bits per heavy atom.